The summed E-state index contributed by atoms with van der Waals surface area (Å²) in [5.74, 6) is -0.313. The van der Waals surface area contributed by atoms with Crippen molar-refractivity contribution >= 4 is 23.1 Å². The van der Waals surface area contributed by atoms with Gasteiger partial charge in [-0.05, 0) is 24.3 Å². The Balaban J connectivity index is 1.96. The molecule has 27 heavy (non-hydrogen) atoms. The molecular formula is C17H15FN6O3. The molecule has 0 aliphatic rings. The van der Waals surface area contributed by atoms with Crippen molar-refractivity contribution in [3.05, 3.63) is 64.7 Å². The van der Waals surface area contributed by atoms with Gasteiger partial charge in [-0.15, -0.1) is 0 Å². The van der Waals surface area contributed by atoms with E-state index in [0.717, 1.165) is 17.7 Å². The van der Waals surface area contributed by atoms with Crippen LogP contribution in [0.2, 0.25) is 0 Å². The predicted octanol–water partition coefficient (Wildman–Crippen LogP) is 2.73. The first-order chi connectivity index (χ1) is 13.1. The number of rotatable bonds is 7. The van der Waals surface area contributed by atoms with E-state index < -0.39 is 16.4 Å². The fourth-order valence-corrected chi connectivity index (χ4v) is 2.31. The molecular weight excluding hydrogens is 355 g/mol. The minimum atomic E-state index is -0.920. The monoisotopic (exact) mass is 370 g/mol. The van der Waals surface area contributed by atoms with Gasteiger partial charge in [0.05, 0.1) is 17.2 Å². The molecule has 9 nitrogen and oxygen atoms in total. The largest absolute Gasteiger partial charge is 0.395 e. The molecule has 0 aliphatic heterocycles. The maximum Gasteiger partial charge on any atom is 0.306 e. The Labute approximate surface area is 153 Å². The molecule has 0 radical (unpaired) electrons. The number of hydrogen-bond acceptors (Lipinski definition) is 8. The normalized spacial score (nSPS) is 10.4. The van der Waals surface area contributed by atoms with Crippen molar-refractivity contribution < 1.29 is 14.4 Å². The number of anilines is 3. The van der Waals surface area contributed by atoms with Crippen LogP contribution >= 0.6 is 0 Å². The smallest absolute Gasteiger partial charge is 0.306 e. The van der Waals surface area contributed by atoms with Gasteiger partial charge < -0.3 is 15.7 Å². The minimum Gasteiger partial charge on any atom is -0.395 e. The molecule has 0 saturated carbocycles. The fourth-order valence-electron chi connectivity index (χ4n) is 2.31. The summed E-state index contributed by atoms with van der Waals surface area (Å²) in [5.41, 5.74) is 1.03. The topological polar surface area (TPSA) is 126 Å². The van der Waals surface area contributed by atoms with Gasteiger partial charge in [-0.25, -0.2) is 4.98 Å². The molecule has 0 unspecified atom stereocenters. The summed E-state index contributed by atoms with van der Waals surface area (Å²) < 4.78 is 13.5. The van der Waals surface area contributed by atoms with E-state index in [-0.39, 0.29) is 19.1 Å². The molecule has 0 fully saturated rings. The molecule has 3 rings (SSSR count). The van der Waals surface area contributed by atoms with Gasteiger partial charge in [0, 0.05) is 42.3 Å². The molecule has 0 amide bonds. The number of nitrogens with zero attached hydrogens (tertiary/aromatic N) is 4. The molecule has 10 heteroatoms. The van der Waals surface area contributed by atoms with E-state index in [0.29, 0.717) is 17.2 Å². The number of hydrogen-bond donors (Lipinski definition) is 3. The highest BCUT2D eigenvalue weighted by Crippen LogP contribution is 2.26. The van der Waals surface area contributed by atoms with Crippen molar-refractivity contribution in [3.63, 3.8) is 0 Å². The first-order valence-electron chi connectivity index (χ1n) is 7.92. The number of halogens is 1. The van der Waals surface area contributed by atoms with Crippen LogP contribution in [0.1, 0.15) is 0 Å². The number of nitro groups is 1. The van der Waals surface area contributed by atoms with Crippen molar-refractivity contribution in [2.75, 3.05) is 23.8 Å². The third-order valence-electron chi connectivity index (χ3n) is 3.51. The molecule has 0 aliphatic carbocycles. The minimum absolute atomic E-state index is 0.101. The van der Waals surface area contributed by atoms with Crippen molar-refractivity contribution in [1.29, 1.82) is 0 Å². The van der Waals surface area contributed by atoms with Gasteiger partial charge in [0.1, 0.15) is 5.82 Å². The molecule has 1 aromatic carbocycles. The Bertz CT molecular complexity index is 955. The number of pyridine rings is 1. The first kappa shape index (κ1) is 18.1. The number of aromatic nitrogens is 3. The van der Waals surface area contributed by atoms with E-state index in [4.69, 9.17) is 5.11 Å². The van der Waals surface area contributed by atoms with Gasteiger partial charge in [-0.3, -0.25) is 15.1 Å². The van der Waals surface area contributed by atoms with Crippen LogP contribution in [0.25, 0.3) is 11.3 Å². The average Bonchev–Trinajstić information content (AvgIpc) is 2.68. The standard InChI is InChI=1S/C17H15FN6O3/c18-13-2-1-12(9-15(13)24(26)27)21-16-10-14(11-3-5-19-6-4-11)22-17(23-16)20-7-8-25/h1-6,9-10,25H,7-8H2,(H2,20,21,22,23). The number of aliphatic hydroxyl groups excluding tert-OH is 1. The molecule has 0 spiro atoms. The van der Waals surface area contributed by atoms with E-state index in [9.17, 15) is 14.5 Å². The van der Waals surface area contributed by atoms with Crippen molar-refractivity contribution in [3.8, 4) is 11.3 Å². The quantitative estimate of drug-likeness (QED) is 0.428. The zero-order chi connectivity index (χ0) is 19.2. The summed E-state index contributed by atoms with van der Waals surface area (Å²) in [6.45, 7) is 0.150. The molecule has 0 bridgehead atoms. The van der Waals surface area contributed by atoms with Crippen LogP contribution in [0.15, 0.2) is 48.8 Å². The average molecular weight is 370 g/mol. The maximum atomic E-state index is 13.5. The van der Waals surface area contributed by atoms with Gasteiger partial charge >= 0.3 is 5.69 Å². The molecule has 0 saturated heterocycles. The molecule has 2 heterocycles. The van der Waals surface area contributed by atoms with Crippen LogP contribution in [-0.4, -0.2) is 38.1 Å². The number of nitrogens with one attached hydrogen (secondary N) is 2. The third-order valence-corrected chi connectivity index (χ3v) is 3.51. The summed E-state index contributed by atoms with van der Waals surface area (Å²) in [7, 11) is 0. The Morgan fingerprint density at radius 1 is 1.15 bits per heavy atom. The SMILES string of the molecule is O=[N+]([O-])c1cc(Nc2cc(-c3ccncc3)nc(NCCO)n2)ccc1F. The molecule has 138 valence electrons. The van der Waals surface area contributed by atoms with Crippen LogP contribution in [0.4, 0.5) is 27.5 Å². The van der Waals surface area contributed by atoms with Crippen molar-refractivity contribution in [2.24, 2.45) is 0 Å². The second-order valence-electron chi connectivity index (χ2n) is 5.40. The second kappa shape index (κ2) is 8.15. The molecule has 2 aromatic heterocycles. The zero-order valence-electron chi connectivity index (χ0n) is 14.0. The number of nitro benzene ring substituents is 1. The highest BCUT2D eigenvalue weighted by Gasteiger charge is 2.15. The van der Waals surface area contributed by atoms with E-state index in [2.05, 4.69) is 25.6 Å². The second-order valence-corrected chi connectivity index (χ2v) is 5.40. The van der Waals surface area contributed by atoms with Gasteiger partial charge in [0.25, 0.3) is 0 Å². The van der Waals surface area contributed by atoms with Gasteiger partial charge in [0.2, 0.25) is 11.8 Å². The lowest BCUT2D eigenvalue weighted by Crippen LogP contribution is -2.10. The first-order valence-corrected chi connectivity index (χ1v) is 7.92. The van der Waals surface area contributed by atoms with Crippen LogP contribution in [-0.2, 0) is 0 Å². The van der Waals surface area contributed by atoms with Gasteiger partial charge in [-0.2, -0.15) is 9.37 Å². The van der Waals surface area contributed by atoms with Crippen LogP contribution in [0.3, 0.4) is 0 Å². The van der Waals surface area contributed by atoms with E-state index in [1.54, 1.807) is 30.6 Å². The van der Waals surface area contributed by atoms with Crippen LogP contribution in [0, 0.1) is 15.9 Å². The van der Waals surface area contributed by atoms with Crippen LogP contribution < -0.4 is 10.6 Å². The Morgan fingerprint density at radius 3 is 2.63 bits per heavy atom. The zero-order valence-corrected chi connectivity index (χ0v) is 14.0. The Kier molecular flexibility index (Phi) is 5.47. The maximum absolute atomic E-state index is 13.5. The van der Waals surface area contributed by atoms with Gasteiger partial charge in [0.15, 0.2) is 0 Å². The highest BCUT2D eigenvalue weighted by molar-refractivity contribution is 5.68. The lowest BCUT2D eigenvalue weighted by atomic mass is 10.2. The molecule has 3 N–H and O–H groups in total. The number of benzene rings is 1. The molecule has 3 aromatic rings. The summed E-state index contributed by atoms with van der Waals surface area (Å²) in [4.78, 5) is 22.7. The lowest BCUT2D eigenvalue weighted by Gasteiger charge is -2.11. The van der Waals surface area contributed by atoms with Crippen molar-refractivity contribution in [1.82, 2.24) is 15.0 Å². The summed E-state index contributed by atoms with van der Waals surface area (Å²) in [6.07, 6.45) is 3.24. The number of aliphatic hydroxyl groups is 1. The van der Waals surface area contributed by atoms with E-state index in [1.807, 2.05) is 0 Å². The summed E-state index contributed by atoms with van der Waals surface area (Å²) >= 11 is 0. The van der Waals surface area contributed by atoms with E-state index in [1.165, 1.54) is 6.07 Å². The third kappa shape index (κ3) is 4.50. The van der Waals surface area contributed by atoms with Crippen molar-refractivity contribution in [2.45, 2.75) is 0 Å². The molecule has 0 atom stereocenters. The Morgan fingerprint density at radius 2 is 1.93 bits per heavy atom. The Hall–Kier alpha value is -3.66. The summed E-state index contributed by atoms with van der Waals surface area (Å²) in [6, 6.07) is 8.65. The van der Waals surface area contributed by atoms with Gasteiger partial charge in [-0.1, -0.05) is 0 Å². The van der Waals surface area contributed by atoms with Crippen LogP contribution in [0.5, 0.6) is 0 Å². The van der Waals surface area contributed by atoms with E-state index >= 15 is 0 Å². The fraction of sp³-hybridized carbons (Fsp3) is 0.118. The highest BCUT2D eigenvalue weighted by atomic mass is 19.1. The summed E-state index contributed by atoms with van der Waals surface area (Å²) in [5, 5.41) is 25.7. The predicted molar refractivity (Wildman–Crippen MR) is 97.2 cm³/mol. The lowest BCUT2D eigenvalue weighted by molar-refractivity contribution is -0.387.